The summed E-state index contributed by atoms with van der Waals surface area (Å²) in [5.74, 6) is -0.721. The van der Waals surface area contributed by atoms with Crippen LogP contribution in [-0.4, -0.2) is 14.5 Å². The molecule has 0 aliphatic rings. The molecule has 0 aliphatic carbocycles. The summed E-state index contributed by atoms with van der Waals surface area (Å²) in [7, 11) is 0. The van der Waals surface area contributed by atoms with Crippen LogP contribution in [0.3, 0.4) is 0 Å². The number of nitro groups is 1. The molecule has 0 aliphatic heterocycles. The monoisotopic (exact) mass is 344 g/mol. The minimum Gasteiger partial charge on any atom is -0.375 e. The molecule has 0 bridgehead atoms. The average molecular weight is 344 g/mol. The molecule has 1 heterocycles. The van der Waals surface area contributed by atoms with Gasteiger partial charge < -0.3 is 9.88 Å². The number of rotatable bonds is 5. The first-order valence-corrected chi connectivity index (χ1v) is 7.43. The van der Waals surface area contributed by atoms with Crippen molar-refractivity contribution in [1.29, 1.82) is 0 Å². The fourth-order valence-corrected chi connectivity index (χ4v) is 2.53. The van der Waals surface area contributed by atoms with Gasteiger partial charge in [-0.05, 0) is 36.8 Å². The van der Waals surface area contributed by atoms with E-state index < -0.39 is 22.2 Å². The zero-order valence-corrected chi connectivity index (χ0v) is 13.2. The van der Waals surface area contributed by atoms with Crippen molar-refractivity contribution < 1.29 is 13.7 Å². The van der Waals surface area contributed by atoms with Crippen LogP contribution in [0.5, 0.6) is 0 Å². The molecular weight excluding hydrogens is 330 g/mol. The van der Waals surface area contributed by atoms with Crippen LogP contribution in [0.25, 0.3) is 5.69 Å². The smallest absolute Gasteiger partial charge is 0.327 e. The van der Waals surface area contributed by atoms with Crippen LogP contribution in [0.1, 0.15) is 11.4 Å². The molecule has 128 valence electrons. The van der Waals surface area contributed by atoms with Crippen molar-refractivity contribution in [3.63, 3.8) is 0 Å². The van der Waals surface area contributed by atoms with E-state index in [0.29, 0.717) is 17.1 Å². The third-order valence-electron chi connectivity index (χ3n) is 3.75. The second-order valence-electron chi connectivity index (χ2n) is 5.38. The zero-order valence-electron chi connectivity index (χ0n) is 13.2. The quantitative estimate of drug-likeness (QED) is 0.561. The number of halogens is 2. The van der Waals surface area contributed by atoms with Gasteiger partial charge in [-0.1, -0.05) is 12.1 Å². The first-order chi connectivity index (χ1) is 12.0. The van der Waals surface area contributed by atoms with Crippen molar-refractivity contribution in [3.8, 4) is 5.69 Å². The number of nitrogens with one attached hydrogen (secondary N) is 1. The van der Waals surface area contributed by atoms with E-state index in [4.69, 9.17) is 0 Å². The highest BCUT2D eigenvalue weighted by Crippen LogP contribution is 2.28. The molecule has 3 rings (SSSR count). The number of aryl methyl sites for hydroxylation is 1. The number of anilines is 1. The van der Waals surface area contributed by atoms with Crippen LogP contribution >= 0.6 is 0 Å². The highest BCUT2D eigenvalue weighted by molar-refractivity contribution is 5.62. The summed E-state index contributed by atoms with van der Waals surface area (Å²) in [6, 6.07) is 8.41. The predicted molar refractivity (Wildman–Crippen MR) is 88.6 cm³/mol. The molecule has 0 saturated heterocycles. The Morgan fingerprint density at radius 3 is 2.68 bits per heavy atom. The molecule has 3 aromatic rings. The number of para-hydroxylation sites is 1. The van der Waals surface area contributed by atoms with E-state index in [9.17, 15) is 18.9 Å². The zero-order chi connectivity index (χ0) is 18.0. The summed E-state index contributed by atoms with van der Waals surface area (Å²) < 4.78 is 29.5. The van der Waals surface area contributed by atoms with Gasteiger partial charge in [-0.15, -0.1) is 0 Å². The fraction of sp³-hybridized carbons (Fsp3) is 0.118. The molecule has 1 N–H and O–H groups in total. The van der Waals surface area contributed by atoms with E-state index >= 15 is 0 Å². The molecule has 0 saturated carbocycles. The largest absolute Gasteiger partial charge is 0.375 e. The van der Waals surface area contributed by atoms with Crippen LogP contribution in [0.4, 0.5) is 20.2 Å². The Bertz CT molecular complexity index is 940. The topological polar surface area (TPSA) is 73.0 Å². The van der Waals surface area contributed by atoms with Crippen molar-refractivity contribution in [3.05, 3.63) is 81.9 Å². The fourth-order valence-electron chi connectivity index (χ4n) is 2.53. The Kier molecular flexibility index (Phi) is 4.42. The Morgan fingerprint density at radius 1 is 1.24 bits per heavy atom. The average Bonchev–Trinajstić information content (AvgIpc) is 2.98. The van der Waals surface area contributed by atoms with Crippen molar-refractivity contribution >= 4 is 11.4 Å². The molecule has 6 nitrogen and oxygen atoms in total. The first-order valence-electron chi connectivity index (χ1n) is 7.43. The van der Waals surface area contributed by atoms with Gasteiger partial charge in [-0.2, -0.15) is 4.39 Å². The number of imidazole rings is 1. The summed E-state index contributed by atoms with van der Waals surface area (Å²) in [5, 5.41) is 13.7. The summed E-state index contributed by atoms with van der Waals surface area (Å²) in [6.07, 6.45) is 3.23. The minimum absolute atomic E-state index is 0.0416. The maximum Gasteiger partial charge on any atom is 0.327 e. The van der Waals surface area contributed by atoms with Crippen LogP contribution in [-0.2, 0) is 6.54 Å². The first kappa shape index (κ1) is 16.6. The van der Waals surface area contributed by atoms with E-state index in [0.717, 1.165) is 6.07 Å². The van der Waals surface area contributed by atoms with Gasteiger partial charge in [0.2, 0.25) is 5.82 Å². The number of aromatic nitrogens is 2. The highest BCUT2D eigenvalue weighted by atomic mass is 19.1. The van der Waals surface area contributed by atoms with Gasteiger partial charge in [-0.25, -0.2) is 9.37 Å². The number of benzene rings is 2. The van der Waals surface area contributed by atoms with E-state index in [1.807, 2.05) is 0 Å². The second kappa shape index (κ2) is 6.68. The third kappa shape index (κ3) is 3.32. The maximum absolute atomic E-state index is 14.3. The molecule has 0 atom stereocenters. The minimum atomic E-state index is -0.924. The van der Waals surface area contributed by atoms with Crippen molar-refractivity contribution in [2.45, 2.75) is 13.5 Å². The Balaban J connectivity index is 1.82. The summed E-state index contributed by atoms with van der Waals surface area (Å²) in [4.78, 5) is 14.2. The Labute approximate surface area is 141 Å². The van der Waals surface area contributed by atoms with Gasteiger partial charge in [0.05, 0.1) is 10.6 Å². The lowest BCUT2D eigenvalue weighted by molar-refractivity contribution is -0.386. The van der Waals surface area contributed by atoms with Gasteiger partial charge in [0, 0.05) is 18.9 Å². The Morgan fingerprint density at radius 2 is 2.04 bits per heavy atom. The number of hydrogen-bond acceptors (Lipinski definition) is 4. The number of nitro benzene ring substituents is 1. The maximum atomic E-state index is 14.3. The standard InChI is InChI=1S/C17H14F2N4O2/c1-11-20-7-8-22(11)16-6-5-12(9-14(16)19)10-21-15-4-2-3-13(18)17(15)23(24)25/h2-9,21H,10H2,1H3. The third-order valence-corrected chi connectivity index (χ3v) is 3.75. The highest BCUT2D eigenvalue weighted by Gasteiger charge is 2.19. The molecule has 0 spiro atoms. The normalized spacial score (nSPS) is 10.7. The Hall–Kier alpha value is -3.29. The molecule has 0 amide bonds. The predicted octanol–water partition coefficient (Wildman–Crippen LogP) is 3.98. The van der Waals surface area contributed by atoms with E-state index in [2.05, 4.69) is 10.3 Å². The van der Waals surface area contributed by atoms with E-state index in [-0.39, 0.29) is 12.2 Å². The second-order valence-corrected chi connectivity index (χ2v) is 5.38. The molecular formula is C17H14F2N4O2. The van der Waals surface area contributed by atoms with Gasteiger partial charge in [0.1, 0.15) is 17.3 Å². The summed E-state index contributed by atoms with van der Waals surface area (Å²) in [6.45, 7) is 1.88. The number of hydrogen-bond donors (Lipinski definition) is 1. The van der Waals surface area contributed by atoms with Crippen LogP contribution in [0.2, 0.25) is 0 Å². The van der Waals surface area contributed by atoms with Gasteiger partial charge >= 0.3 is 5.69 Å². The molecule has 2 aromatic carbocycles. The van der Waals surface area contributed by atoms with Crippen molar-refractivity contribution in [2.75, 3.05) is 5.32 Å². The lowest BCUT2D eigenvalue weighted by Crippen LogP contribution is -2.05. The molecule has 0 fully saturated rings. The lowest BCUT2D eigenvalue weighted by atomic mass is 10.1. The molecule has 0 unspecified atom stereocenters. The molecule has 0 radical (unpaired) electrons. The SMILES string of the molecule is Cc1nccn1-c1ccc(CNc2cccc(F)c2[N+](=O)[O-])cc1F. The molecule has 8 heteroatoms. The summed E-state index contributed by atoms with van der Waals surface area (Å²) in [5.41, 5.74) is 0.335. The van der Waals surface area contributed by atoms with Gasteiger partial charge in [0.15, 0.2) is 0 Å². The molecule has 25 heavy (non-hydrogen) atoms. The van der Waals surface area contributed by atoms with Gasteiger partial charge in [0.25, 0.3) is 0 Å². The lowest BCUT2D eigenvalue weighted by Gasteiger charge is -2.10. The van der Waals surface area contributed by atoms with Crippen LogP contribution in [0, 0.1) is 28.7 Å². The van der Waals surface area contributed by atoms with Crippen LogP contribution in [0.15, 0.2) is 48.8 Å². The van der Waals surface area contributed by atoms with Crippen LogP contribution < -0.4 is 5.32 Å². The number of nitrogens with zero attached hydrogens (tertiary/aromatic N) is 3. The van der Waals surface area contributed by atoms with Crippen molar-refractivity contribution in [1.82, 2.24) is 9.55 Å². The van der Waals surface area contributed by atoms with E-state index in [1.165, 1.54) is 18.2 Å². The summed E-state index contributed by atoms with van der Waals surface area (Å²) >= 11 is 0. The van der Waals surface area contributed by atoms with E-state index in [1.54, 1.807) is 36.0 Å². The molecule has 1 aromatic heterocycles. The van der Waals surface area contributed by atoms with Crippen molar-refractivity contribution in [2.24, 2.45) is 0 Å². The van der Waals surface area contributed by atoms with Gasteiger partial charge in [-0.3, -0.25) is 10.1 Å².